The van der Waals surface area contributed by atoms with E-state index in [9.17, 15) is 14.4 Å². The van der Waals surface area contributed by atoms with E-state index in [1.54, 1.807) is 37.3 Å². The number of hydrogen-bond donors (Lipinski definition) is 1. The molecule has 0 saturated heterocycles. The summed E-state index contributed by atoms with van der Waals surface area (Å²) in [5, 5.41) is 2.86. The van der Waals surface area contributed by atoms with Crippen LogP contribution in [0.15, 0.2) is 18.2 Å². The summed E-state index contributed by atoms with van der Waals surface area (Å²) in [4.78, 5) is 42.6. The van der Waals surface area contributed by atoms with Crippen LogP contribution in [0.3, 0.4) is 0 Å². The third-order valence-corrected chi connectivity index (χ3v) is 7.19. The topological polar surface area (TPSA) is 88.2 Å². The number of fused-ring (bicyclic) bond motifs is 1. The molecule has 1 aliphatic carbocycles. The predicted molar refractivity (Wildman–Crippen MR) is 136 cm³/mol. The van der Waals surface area contributed by atoms with Gasteiger partial charge in [0.05, 0.1) is 17.7 Å². The Balaban J connectivity index is 1.92. The van der Waals surface area contributed by atoms with Crippen LogP contribution < -0.4 is 10.1 Å². The Bertz CT molecular complexity index is 899. The molecule has 0 unspecified atom stereocenters. The first-order valence-electron chi connectivity index (χ1n) is 12.9. The van der Waals surface area contributed by atoms with Crippen molar-refractivity contribution < 1.29 is 23.9 Å². The summed E-state index contributed by atoms with van der Waals surface area (Å²) in [6, 6.07) is 4.98. The largest absolute Gasteiger partial charge is 0.491 e. The molecule has 2 aliphatic rings. The van der Waals surface area contributed by atoms with Crippen LogP contribution in [0.2, 0.25) is 0 Å². The van der Waals surface area contributed by atoms with Gasteiger partial charge in [0.2, 0.25) is 11.8 Å². The van der Waals surface area contributed by atoms with Crippen molar-refractivity contribution in [1.29, 1.82) is 0 Å². The van der Waals surface area contributed by atoms with Crippen molar-refractivity contribution in [2.45, 2.75) is 71.4 Å². The molecule has 1 aromatic rings. The monoisotopic (exact) mass is 487 g/mol. The summed E-state index contributed by atoms with van der Waals surface area (Å²) in [5.74, 6) is 0.443. The SMILES string of the molecule is CCCC(=O)Nc1ccc2c(c1)C(=O)N(C)C[C@@H](OC)[C@@H](C)CN(C(=O)C1CCCC1)[C@H](C)CO2. The van der Waals surface area contributed by atoms with Gasteiger partial charge in [-0.25, -0.2) is 0 Å². The van der Waals surface area contributed by atoms with Gasteiger partial charge < -0.3 is 24.6 Å². The van der Waals surface area contributed by atoms with E-state index >= 15 is 0 Å². The molecule has 1 fully saturated rings. The zero-order valence-corrected chi connectivity index (χ0v) is 21.8. The minimum Gasteiger partial charge on any atom is -0.491 e. The van der Waals surface area contributed by atoms with E-state index in [1.807, 2.05) is 18.7 Å². The van der Waals surface area contributed by atoms with Crippen molar-refractivity contribution in [3.8, 4) is 5.75 Å². The number of rotatable bonds is 5. The molecule has 1 N–H and O–H groups in total. The highest BCUT2D eigenvalue weighted by atomic mass is 16.5. The Labute approximate surface area is 209 Å². The van der Waals surface area contributed by atoms with E-state index < -0.39 is 0 Å². The number of carbonyl (C=O) groups is 3. The lowest BCUT2D eigenvalue weighted by molar-refractivity contribution is -0.139. The van der Waals surface area contributed by atoms with Gasteiger partial charge in [-0.1, -0.05) is 26.7 Å². The maximum absolute atomic E-state index is 13.5. The highest BCUT2D eigenvalue weighted by molar-refractivity contribution is 5.99. The number of nitrogens with zero attached hydrogens (tertiary/aromatic N) is 2. The molecule has 0 spiro atoms. The van der Waals surface area contributed by atoms with Gasteiger partial charge in [0, 0.05) is 51.2 Å². The lowest BCUT2D eigenvalue weighted by atomic mass is 9.99. The molecule has 194 valence electrons. The first-order chi connectivity index (χ1) is 16.7. The Morgan fingerprint density at radius 2 is 1.89 bits per heavy atom. The molecule has 35 heavy (non-hydrogen) atoms. The maximum Gasteiger partial charge on any atom is 0.257 e. The van der Waals surface area contributed by atoms with E-state index in [-0.39, 0.29) is 48.3 Å². The molecule has 0 bridgehead atoms. The minimum absolute atomic E-state index is 0.0293. The van der Waals surface area contributed by atoms with Crippen molar-refractivity contribution in [3.63, 3.8) is 0 Å². The Hall–Kier alpha value is -2.61. The van der Waals surface area contributed by atoms with E-state index in [1.165, 1.54) is 0 Å². The molecule has 3 atom stereocenters. The number of carbonyl (C=O) groups excluding carboxylic acids is 3. The molecule has 3 amide bonds. The molecule has 3 rings (SSSR count). The fraction of sp³-hybridized carbons (Fsp3) is 0.667. The smallest absolute Gasteiger partial charge is 0.257 e. The van der Waals surface area contributed by atoms with Gasteiger partial charge in [-0.3, -0.25) is 14.4 Å². The van der Waals surface area contributed by atoms with Gasteiger partial charge in [0.15, 0.2) is 0 Å². The Kier molecular flexibility index (Phi) is 9.55. The normalized spacial score (nSPS) is 24.3. The quantitative estimate of drug-likeness (QED) is 0.680. The summed E-state index contributed by atoms with van der Waals surface area (Å²) in [7, 11) is 3.39. The van der Waals surface area contributed by atoms with Crippen LogP contribution in [0.5, 0.6) is 5.75 Å². The molecular formula is C27H41N3O5. The van der Waals surface area contributed by atoms with Gasteiger partial charge in [-0.05, 0) is 44.4 Å². The van der Waals surface area contributed by atoms with Crippen LogP contribution >= 0.6 is 0 Å². The van der Waals surface area contributed by atoms with E-state index in [0.717, 1.165) is 32.1 Å². The fourth-order valence-corrected chi connectivity index (χ4v) is 5.02. The number of nitrogens with one attached hydrogen (secondary N) is 1. The zero-order chi connectivity index (χ0) is 25.5. The van der Waals surface area contributed by atoms with Crippen LogP contribution in [0, 0.1) is 11.8 Å². The highest BCUT2D eigenvalue weighted by Crippen LogP contribution is 2.30. The number of likely N-dealkylation sites (N-methyl/N-ethyl adjacent to an activating group) is 1. The second kappa shape index (κ2) is 12.4. The van der Waals surface area contributed by atoms with Gasteiger partial charge >= 0.3 is 0 Å². The van der Waals surface area contributed by atoms with Crippen LogP contribution in [0.4, 0.5) is 5.69 Å². The van der Waals surface area contributed by atoms with Gasteiger partial charge in [0.25, 0.3) is 5.91 Å². The zero-order valence-electron chi connectivity index (χ0n) is 21.8. The predicted octanol–water partition coefficient (Wildman–Crippen LogP) is 3.95. The van der Waals surface area contributed by atoms with Crippen LogP contribution in [0.25, 0.3) is 0 Å². The second-order valence-electron chi connectivity index (χ2n) is 10.1. The molecule has 1 aliphatic heterocycles. The number of methoxy groups -OCH3 is 1. The fourth-order valence-electron chi connectivity index (χ4n) is 5.02. The van der Waals surface area contributed by atoms with Crippen LogP contribution in [-0.4, -0.2) is 73.5 Å². The summed E-state index contributed by atoms with van der Waals surface area (Å²) in [5.41, 5.74) is 0.938. The summed E-state index contributed by atoms with van der Waals surface area (Å²) in [6.45, 7) is 7.21. The third-order valence-electron chi connectivity index (χ3n) is 7.19. The second-order valence-corrected chi connectivity index (χ2v) is 10.1. The first kappa shape index (κ1) is 27.0. The standard InChI is InChI=1S/C27H41N3O5/c1-6-9-25(31)28-21-12-13-23-22(14-21)27(33)29(4)16-24(34-5)18(2)15-30(19(3)17-35-23)26(32)20-10-7-8-11-20/h12-14,18-20,24H,6-11,15-17H2,1-5H3,(H,28,31)/t18-,19+,24+/m0/s1. The van der Waals surface area contributed by atoms with Gasteiger partial charge in [0.1, 0.15) is 12.4 Å². The molecular weight excluding hydrogens is 446 g/mol. The molecule has 1 saturated carbocycles. The Morgan fingerprint density at radius 1 is 1.17 bits per heavy atom. The minimum atomic E-state index is -0.230. The summed E-state index contributed by atoms with van der Waals surface area (Å²) >= 11 is 0. The summed E-state index contributed by atoms with van der Waals surface area (Å²) < 4.78 is 11.9. The van der Waals surface area contributed by atoms with Crippen LogP contribution in [0.1, 0.15) is 69.7 Å². The summed E-state index contributed by atoms with van der Waals surface area (Å²) in [6.07, 6.45) is 5.01. The van der Waals surface area contributed by atoms with Gasteiger partial charge in [-0.15, -0.1) is 0 Å². The van der Waals surface area contributed by atoms with Crippen LogP contribution in [-0.2, 0) is 14.3 Å². The van der Waals surface area contributed by atoms with Crippen molar-refractivity contribution in [1.82, 2.24) is 9.80 Å². The number of amides is 3. The number of benzene rings is 1. The van der Waals surface area contributed by atoms with E-state index in [2.05, 4.69) is 12.2 Å². The Morgan fingerprint density at radius 3 is 2.54 bits per heavy atom. The molecule has 0 aromatic heterocycles. The van der Waals surface area contributed by atoms with Gasteiger partial charge in [-0.2, -0.15) is 0 Å². The molecule has 8 heteroatoms. The van der Waals surface area contributed by atoms with Crippen molar-refractivity contribution in [2.75, 3.05) is 39.2 Å². The molecule has 8 nitrogen and oxygen atoms in total. The first-order valence-corrected chi connectivity index (χ1v) is 12.9. The van der Waals surface area contributed by atoms with Crippen molar-refractivity contribution in [3.05, 3.63) is 23.8 Å². The van der Waals surface area contributed by atoms with E-state index in [0.29, 0.717) is 36.5 Å². The average molecular weight is 488 g/mol. The molecule has 0 radical (unpaired) electrons. The number of ether oxygens (including phenoxy) is 2. The lowest BCUT2D eigenvalue weighted by Gasteiger charge is -2.37. The number of anilines is 1. The highest BCUT2D eigenvalue weighted by Gasteiger charge is 2.34. The maximum atomic E-state index is 13.5. The number of hydrogen-bond acceptors (Lipinski definition) is 5. The van der Waals surface area contributed by atoms with E-state index in [4.69, 9.17) is 9.47 Å². The average Bonchev–Trinajstić information content (AvgIpc) is 3.38. The lowest BCUT2D eigenvalue weighted by Crippen LogP contribution is -2.50. The van der Waals surface area contributed by atoms with Crippen molar-refractivity contribution in [2.24, 2.45) is 11.8 Å². The third kappa shape index (κ3) is 6.75. The molecule has 1 heterocycles. The van der Waals surface area contributed by atoms with Crippen molar-refractivity contribution >= 4 is 23.4 Å². The molecule has 1 aromatic carbocycles.